The monoisotopic (exact) mass is 297 g/mol. The molecule has 1 saturated heterocycles. The summed E-state index contributed by atoms with van der Waals surface area (Å²) in [6.07, 6.45) is 3.08. The van der Waals surface area contributed by atoms with E-state index in [0.717, 1.165) is 35.8 Å². The normalized spacial score (nSPS) is 25.1. The number of nitrogens with zero attached hydrogens (tertiary/aromatic N) is 2. The largest absolute Gasteiger partial charge is 0.355 e. The third kappa shape index (κ3) is 2.63. The van der Waals surface area contributed by atoms with Gasteiger partial charge in [0, 0.05) is 19.3 Å². The second-order valence-electron chi connectivity index (χ2n) is 4.97. The standard InChI is InChI=1S/C13H20BrN3/c1-9-4-6-17(8-11(9)7-15)13-12(14)10(2)3-5-16-13/h3,5,9,11H,4,6-8,15H2,1-2H3. The van der Waals surface area contributed by atoms with Gasteiger partial charge in [-0.15, -0.1) is 0 Å². The number of piperidine rings is 1. The second-order valence-corrected chi connectivity index (χ2v) is 5.77. The van der Waals surface area contributed by atoms with Gasteiger partial charge in [0.05, 0.1) is 4.47 Å². The summed E-state index contributed by atoms with van der Waals surface area (Å²) in [5.41, 5.74) is 7.08. The first-order chi connectivity index (χ1) is 8.13. The van der Waals surface area contributed by atoms with Crippen LogP contribution < -0.4 is 10.6 Å². The lowest BCUT2D eigenvalue weighted by Crippen LogP contribution is -2.43. The van der Waals surface area contributed by atoms with Gasteiger partial charge in [-0.2, -0.15) is 0 Å². The highest BCUT2D eigenvalue weighted by Crippen LogP contribution is 2.31. The van der Waals surface area contributed by atoms with E-state index >= 15 is 0 Å². The number of rotatable bonds is 2. The van der Waals surface area contributed by atoms with E-state index in [4.69, 9.17) is 5.73 Å². The molecular weight excluding hydrogens is 278 g/mol. The van der Waals surface area contributed by atoms with Crippen LogP contribution in [0.25, 0.3) is 0 Å². The summed E-state index contributed by atoms with van der Waals surface area (Å²) in [7, 11) is 0. The summed E-state index contributed by atoms with van der Waals surface area (Å²) in [5.74, 6) is 2.37. The van der Waals surface area contributed by atoms with Gasteiger partial charge in [0.1, 0.15) is 5.82 Å². The van der Waals surface area contributed by atoms with Crippen LogP contribution in [0.2, 0.25) is 0 Å². The molecule has 1 aromatic heterocycles. The molecule has 0 amide bonds. The molecule has 3 nitrogen and oxygen atoms in total. The zero-order chi connectivity index (χ0) is 12.4. The second kappa shape index (κ2) is 5.36. The third-order valence-electron chi connectivity index (χ3n) is 3.78. The molecule has 0 saturated carbocycles. The van der Waals surface area contributed by atoms with Crippen molar-refractivity contribution in [3.63, 3.8) is 0 Å². The Labute approximate surface area is 112 Å². The molecule has 0 aliphatic carbocycles. The average Bonchev–Trinajstić information content (AvgIpc) is 2.34. The van der Waals surface area contributed by atoms with E-state index in [0.29, 0.717) is 5.92 Å². The van der Waals surface area contributed by atoms with Crippen molar-refractivity contribution in [2.75, 3.05) is 24.5 Å². The maximum absolute atomic E-state index is 5.84. The molecule has 0 aromatic carbocycles. The van der Waals surface area contributed by atoms with E-state index in [9.17, 15) is 0 Å². The Hall–Kier alpha value is -0.610. The van der Waals surface area contributed by atoms with Crippen LogP contribution in [0.15, 0.2) is 16.7 Å². The van der Waals surface area contributed by atoms with Gasteiger partial charge in [-0.05, 0) is 59.3 Å². The van der Waals surface area contributed by atoms with Crippen molar-refractivity contribution in [3.05, 3.63) is 22.3 Å². The topological polar surface area (TPSA) is 42.2 Å². The van der Waals surface area contributed by atoms with Gasteiger partial charge in [-0.3, -0.25) is 0 Å². The Kier molecular flexibility index (Phi) is 4.05. The molecular formula is C13H20BrN3. The number of anilines is 1. The number of halogens is 1. The van der Waals surface area contributed by atoms with E-state index in [1.165, 1.54) is 12.0 Å². The number of aryl methyl sites for hydroxylation is 1. The van der Waals surface area contributed by atoms with Crippen molar-refractivity contribution in [3.8, 4) is 0 Å². The minimum atomic E-state index is 0.581. The van der Waals surface area contributed by atoms with Gasteiger partial charge in [-0.1, -0.05) is 6.92 Å². The molecule has 4 heteroatoms. The van der Waals surface area contributed by atoms with Gasteiger partial charge in [0.25, 0.3) is 0 Å². The van der Waals surface area contributed by atoms with Crippen LogP contribution in [0.4, 0.5) is 5.82 Å². The molecule has 2 atom stereocenters. The molecule has 2 unspecified atom stereocenters. The lowest BCUT2D eigenvalue weighted by molar-refractivity contribution is 0.306. The zero-order valence-corrected chi connectivity index (χ0v) is 12.1. The highest BCUT2D eigenvalue weighted by molar-refractivity contribution is 9.10. The Balaban J connectivity index is 2.20. The fraction of sp³-hybridized carbons (Fsp3) is 0.615. The van der Waals surface area contributed by atoms with Crippen LogP contribution in [0.1, 0.15) is 18.9 Å². The molecule has 17 heavy (non-hydrogen) atoms. The van der Waals surface area contributed by atoms with Gasteiger partial charge in [-0.25, -0.2) is 4.98 Å². The number of nitrogens with two attached hydrogens (primary N) is 1. The molecule has 2 heterocycles. The summed E-state index contributed by atoms with van der Waals surface area (Å²) in [6.45, 7) is 7.26. The zero-order valence-electron chi connectivity index (χ0n) is 10.5. The van der Waals surface area contributed by atoms with E-state index in [-0.39, 0.29) is 0 Å². The van der Waals surface area contributed by atoms with Crippen molar-refractivity contribution in [2.24, 2.45) is 17.6 Å². The first-order valence-electron chi connectivity index (χ1n) is 6.19. The summed E-state index contributed by atoms with van der Waals surface area (Å²) >= 11 is 3.64. The number of hydrogen-bond acceptors (Lipinski definition) is 3. The quantitative estimate of drug-likeness (QED) is 0.912. The van der Waals surface area contributed by atoms with Crippen LogP contribution >= 0.6 is 15.9 Å². The fourth-order valence-corrected chi connectivity index (χ4v) is 2.88. The predicted octanol–water partition coefficient (Wildman–Crippen LogP) is 2.57. The van der Waals surface area contributed by atoms with E-state index in [2.05, 4.69) is 39.7 Å². The van der Waals surface area contributed by atoms with Crippen LogP contribution in [-0.4, -0.2) is 24.6 Å². The Morgan fingerprint density at radius 3 is 3.06 bits per heavy atom. The lowest BCUT2D eigenvalue weighted by Gasteiger charge is -2.37. The molecule has 94 valence electrons. The van der Waals surface area contributed by atoms with Crippen molar-refractivity contribution in [1.82, 2.24) is 4.98 Å². The smallest absolute Gasteiger partial charge is 0.143 e. The molecule has 1 aliphatic heterocycles. The van der Waals surface area contributed by atoms with Gasteiger partial charge >= 0.3 is 0 Å². The summed E-state index contributed by atoms with van der Waals surface area (Å²) in [4.78, 5) is 6.85. The van der Waals surface area contributed by atoms with Crippen molar-refractivity contribution < 1.29 is 0 Å². The van der Waals surface area contributed by atoms with Crippen LogP contribution in [-0.2, 0) is 0 Å². The SMILES string of the molecule is Cc1ccnc(N2CCC(C)C(CN)C2)c1Br. The fourth-order valence-electron chi connectivity index (χ4n) is 2.40. The maximum Gasteiger partial charge on any atom is 0.143 e. The minimum Gasteiger partial charge on any atom is -0.355 e. The first kappa shape index (κ1) is 12.8. The molecule has 0 radical (unpaired) electrons. The van der Waals surface area contributed by atoms with E-state index in [1.54, 1.807) is 0 Å². The summed E-state index contributed by atoms with van der Waals surface area (Å²) < 4.78 is 1.12. The maximum atomic E-state index is 5.84. The molecule has 0 bridgehead atoms. The molecule has 1 aromatic rings. The number of hydrogen-bond donors (Lipinski definition) is 1. The molecule has 2 rings (SSSR count). The minimum absolute atomic E-state index is 0.581. The van der Waals surface area contributed by atoms with E-state index < -0.39 is 0 Å². The lowest BCUT2D eigenvalue weighted by atomic mass is 9.87. The van der Waals surface area contributed by atoms with Crippen molar-refractivity contribution in [1.29, 1.82) is 0 Å². The Morgan fingerprint density at radius 1 is 1.59 bits per heavy atom. The highest BCUT2D eigenvalue weighted by Gasteiger charge is 2.26. The Bertz CT molecular complexity index is 394. The van der Waals surface area contributed by atoms with E-state index in [1.807, 2.05) is 12.3 Å². The highest BCUT2D eigenvalue weighted by atomic mass is 79.9. The third-order valence-corrected chi connectivity index (χ3v) is 4.76. The van der Waals surface area contributed by atoms with Gasteiger partial charge < -0.3 is 10.6 Å². The molecule has 2 N–H and O–H groups in total. The average molecular weight is 298 g/mol. The van der Waals surface area contributed by atoms with Gasteiger partial charge in [0.15, 0.2) is 0 Å². The van der Waals surface area contributed by atoms with Gasteiger partial charge in [0.2, 0.25) is 0 Å². The predicted molar refractivity (Wildman–Crippen MR) is 75.2 cm³/mol. The number of aromatic nitrogens is 1. The van der Waals surface area contributed by atoms with Crippen LogP contribution in [0, 0.1) is 18.8 Å². The number of pyridine rings is 1. The molecule has 1 aliphatic rings. The summed E-state index contributed by atoms with van der Waals surface area (Å²) in [5, 5.41) is 0. The molecule has 1 fully saturated rings. The van der Waals surface area contributed by atoms with Crippen molar-refractivity contribution >= 4 is 21.7 Å². The van der Waals surface area contributed by atoms with Crippen molar-refractivity contribution in [2.45, 2.75) is 20.3 Å². The Morgan fingerprint density at radius 2 is 2.35 bits per heavy atom. The summed E-state index contributed by atoms with van der Waals surface area (Å²) in [6, 6.07) is 2.03. The van der Waals surface area contributed by atoms with Crippen LogP contribution in [0.3, 0.4) is 0 Å². The first-order valence-corrected chi connectivity index (χ1v) is 6.99. The molecule has 0 spiro atoms. The van der Waals surface area contributed by atoms with Crippen LogP contribution in [0.5, 0.6) is 0 Å².